The van der Waals surface area contributed by atoms with Crippen molar-refractivity contribution < 1.29 is 0 Å². The zero-order valence-corrected chi connectivity index (χ0v) is 14.7. The van der Waals surface area contributed by atoms with Gasteiger partial charge in [-0.1, -0.05) is 36.8 Å². The van der Waals surface area contributed by atoms with Gasteiger partial charge < -0.3 is 5.73 Å². The molecule has 0 saturated heterocycles. The third kappa shape index (κ3) is 3.95. The number of hydrogen-bond acceptors (Lipinski definition) is 2. The van der Waals surface area contributed by atoms with Crippen molar-refractivity contribution in [1.29, 1.82) is 0 Å². The SMILES string of the molecule is CCc1nn(C)c(CC(CN)Cc2cccc(C)c2)c1Br. The van der Waals surface area contributed by atoms with Crippen molar-refractivity contribution in [3.05, 3.63) is 51.3 Å². The molecule has 1 unspecified atom stereocenters. The summed E-state index contributed by atoms with van der Waals surface area (Å²) in [4.78, 5) is 0. The van der Waals surface area contributed by atoms with Crippen LogP contribution in [0.2, 0.25) is 0 Å². The van der Waals surface area contributed by atoms with Crippen LogP contribution in [0.3, 0.4) is 0 Å². The van der Waals surface area contributed by atoms with E-state index in [4.69, 9.17) is 5.73 Å². The van der Waals surface area contributed by atoms with Gasteiger partial charge >= 0.3 is 0 Å². The molecule has 1 aromatic carbocycles. The highest BCUT2D eigenvalue weighted by molar-refractivity contribution is 9.10. The molecular formula is C17H24BrN3. The quantitative estimate of drug-likeness (QED) is 0.868. The summed E-state index contributed by atoms with van der Waals surface area (Å²) in [7, 11) is 2.01. The molecule has 21 heavy (non-hydrogen) atoms. The Hall–Kier alpha value is -1.13. The molecule has 3 nitrogen and oxygen atoms in total. The summed E-state index contributed by atoms with van der Waals surface area (Å²) >= 11 is 3.69. The molecule has 1 heterocycles. The Balaban J connectivity index is 2.14. The Kier molecular flexibility index (Phi) is 5.59. The van der Waals surface area contributed by atoms with E-state index in [0.29, 0.717) is 12.5 Å². The van der Waals surface area contributed by atoms with Crippen molar-refractivity contribution in [2.75, 3.05) is 6.54 Å². The van der Waals surface area contributed by atoms with Crippen LogP contribution >= 0.6 is 15.9 Å². The zero-order chi connectivity index (χ0) is 15.4. The first-order valence-corrected chi connectivity index (χ1v) is 8.30. The van der Waals surface area contributed by atoms with Crippen molar-refractivity contribution in [3.8, 4) is 0 Å². The zero-order valence-electron chi connectivity index (χ0n) is 13.1. The Morgan fingerprint density at radius 3 is 2.67 bits per heavy atom. The molecule has 0 aliphatic rings. The van der Waals surface area contributed by atoms with E-state index in [-0.39, 0.29) is 0 Å². The Morgan fingerprint density at radius 1 is 1.33 bits per heavy atom. The highest BCUT2D eigenvalue weighted by atomic mass is 79.9. The Morgan fingerprint density at radius 2 is 2.10 bits per heavy atom. The molecule has 2 N–H and O–H groups in total. The molecular weight excluding hydrogens is 326 g/mol. The van der Waals surface area contributed by atoms with Crippen LogP contribution < -0.4 is 5.73 Å². The van der Waals surface area contributed by atoms with Crippen LogP contribution in [-0.2, 0) is 26.3 Å². The lowest BCUT2D eigenvalue weighted by atomic mass is 9.94. The third-order valence-corrected chi connectivity index (χ3v) is 4.84. The summed E-state index contributed by atoms with van der Waals surface area (Å²) in [5, 5.41) is 4.57. The maximum absolute atomic E-state index is 6.00. The molecule has 0 aliphatic heterocycles. The molecule has 0 spiro atoms. The average molecular weight is 350 g/mol. The fourth-order valence-electron chi connectivity index (χ4n) is 2.73. The van der Waals surface area contributed by atoms with Crippen LogP contribution in [0.5, 0.6) is 0 Å². The van der Waals surface area contributed by atoms with Gasteiger partial charge in [0.15, 0.2) is 0 Å². The topological polar surface area (TPSA) is 43.8 Å². The second kappa shape index (κ2) is 7.23. The van der Waals surface area contributed by atoms with Gasteiger partial charge in [-0.05, 0) is 60.1 Å². The number of aryl methyl sites for hydroxylation is 3. The number of nitrogens with two attached hydrogens (primary N) is 1. The van der Waals surface area contributed by atoms with Gasteiger partial charge in [-0.2, -0.15) is 5.10 Å². The molecule has 2 aromatic rings. The lowest BCUT2D eigenvalue weighted by molar-refractivity contribution is 0.509. The summed E-state index contributed by atoms with van der Waals surface area (Å²) in [5.74, 6) is 0.434. The van der Waals surface area contributed by atoms with Crippen LogP contribution in [0.25, 0.3) is 0 Å². The summed E-state index contributed by atoms with van der Waals surface area (Å²) in [6.07, 6.45) is 2.91. The monoisotopic (exact) mass is 349 g/mol. The molecule has 4 heteroatoms. The standard InChI is InChI=1S/C17H24BrN3/c1-4-15-17(18)16(21(3)20-15)10-14(11-19)9-13-7-5-6-12(2)8-13/h5-8,14H,4,9-11,19H2,1-3H3. The van der Waals surface area contributed by atoms with Gasteiger partial charge in [0.05, 0.1) is 15.9 Å². The fraction of sp³-hybridized carbons (Fsp3) is 0.471. The van der Waals surface area contributed by atoms with Crippen LogP contribution in [-0.4, -0.2) is 16.3 Å². The highest BCUT2D eigenvalue weighted by Gasteiger charge is 2.17. The second-order valence-corrected chi connectivity index (χ2v) is 6.48. The predicted molar refractivity (Wildman–Crippen MR) is 91.4 cm³/mol. The summed E-state index contributed by atoms with van der Waals surface area (Å²) < 4.78 is 3.14. The molecule has 0 aliphatic carbocycles. The highest BCUT2D eigenvalue weighted by Crippen LogP contribution is 2.25. The van der Waals surface area contributed by atoms with E-state index in [0.717, 1.165) is 29.4 Å². The van der Waals surface area contributed by atoms with E-state index in [2.05, 4.69) is 59.1 Å². The molecule has 0 fully saturated rings. The van der Waals surface area contributed by atoms with Gasteiger partial charge in [0.2, 0.25) is 0 Å². The third-order valence-electron chi connectivity index (χ3n) is 3.93. The summed E-state index contributed by atoms with van der Waals surface area (Å²) in [6.45, 7) is 4.95. The van der Waals surface area contributed by atoms with Crippen LogP contribution in [0.4, 0.5) is 0 Å². The maximum atomic E-state index is 6.00. The van der Waals surface area contributed by atoms with Crippen molar-refractivity contribution >= 4 is 15.9 Å². The van der Waals surface area contributed by atoms with E-state index in [1.165, 1.54) is 16.8 Å². The fourth-order valence-corrected chi connectivity index (χ4v) is 3.50. The molecule has 2 rings (SSSR count). The van der Waals surface area contributed by atoms with Crippen LogP contribution in [0, 0.1) is 12.8 Å². The lowest BCUT2D eigenvalue weighted by Gasteiger charge is -2.16. The first-order valence-electron chi connectivity index (χ1n) is 7.51. The molecule has 114 valence electrons. The molecule has 0 saturated carbocycles. The van der Waals surface area contributed by atoms with Crippen LogP contribution in [0.15, 0.2) is 28.7 Å². The van der Waals surface area contributed by atoms with Gasteiger partial charge in [0.25, 0.3) is 0 Å². The van der Waals surface area contributed by atoms with E-state index in [1.54, 1.807) is 0 Å². The van der Waals surface area contributed by atoms with Crippen molar-refractivity contribution in [1.82, 2.24) is 9.78 Å². The van der Waals surface area contributed by atoms with Crippen molar-refractivity contribution in [3.63, 3.8) is 0 Å². The van der Waals surface area contributed by atoms with Gasteiger partial charge in [-0.25, -0.2) is 0 Å². The Bertz CT molecular complexity index is 604. The van der Waals surface area contributed by atoms with E-state index < -0.39 is 0 Å². The number of hydrogen-bond donors (Lipinski definition) is 1. The summed E-state index contributed by atoms with van der Waals surface area (Å²) in [6, 6.07) is 8.68. The Labute approximate surface area is 135 Å². The number of aromatic nitrogens is 2. The van der Waals surface area contributed by atoms with Crippen molar-refractivity contribution in [2.24, 2.45) is 18.7 Å². The minimum absolute atomic E-state index is 0.434. The van der Waals surface area contributed by atoms with Crippen molar-refractivity contribution in [2.45, 2.75) is 33.1 Å². The number of nitrogens with zero attached hydrogens (tertiary/aromatic N) is 2. The van der Waals surface area contributed by atoms with Crippen LogP contribution in [0.1, 0.15) is 29.4 Å². The van der Waals surface area contributed by atoms with E-state index in [1.807, 2.05) is 11.7 Å². The van der Waals surface area contributed by atoms with Gasteiger partial charge in [-0.3, -0.25) is 4.68 Å². The number of halogens is 1. The molecule has 0 bridgehead atoms. The van der Waals surface area contributed by atoms with Gasteiger partial charge in [0.1, 0.15) is 0 Å². The minimum Gasteiger partial charge on any atom is -0.330 e. The van der Waals surface area contributed by atoms with E-state index >= 15 is 0 Å². The first-order chi connectivity index (χ1) is 10.0. The summed E-state index contributed by atoms with van der Waals surface area (Å²) in [5.41, 5.74) is 11.0. The normalized spacial score (nSPS) is 12.6. The average Bonchev–Trinajstić information content (AvgIpc) is 2.73. The van der Waals surface area contributed by atoms with E-state index in [9.17, 15) is 0 Å². The smallest absolute Gasteiger partial charge is 0.0766 e. The molecule has 0 radical (unpaired) electrons. The maximum Gasteiger partial charge on any atom is 0.0766 e. The predicted octanol–water partition coefficient (Wildman–Crippen LogP) is 3.41. The molecule has 1 aromatic heterocycles. The van der Waals surface area contributed by atoms with Gasteiger partial charge in [0, 0.05) is 7.05 Å². The number of rotatable bonds is 6. The largest absolute Gasteiger partial charge is 0.330 e. The minimum atomic E-state index is 0.434. The van der Waals surface area contributed by atoms with Gasteiger partial charge in [-0.15, -0.1) is 0 Å². The number of benzene rings is 1. The lowest BCUT2D eigenvalue weighted by Crippen LogP contribution is -2.21. The molecule has 1 atom stereocenters. The second-order valence-electron chi connectivity index (χ2n) is 5.68. The molecule has 0 amide bonds. The first kappa shape index (κ1) is 16.2.